The van der Waals surface area contributed by atoms with E-state index in [1.807, 2.05) is 0 Å². The highest BCUT2D eigenvalue weighted by atomic mass is 32.2. The highest BCUT2D eigenvalue weighted by molar-refractivity contribution is 7.89. The molecule has 0 spiro atoms. The van der Waals surface area contributed by atoms with Crippen molar-refractivity contribution in [3.63, 3.8) is 0 Å². The van der Waals surface area contributed by atoms with Crippen molar-refractivity contribution >= 4 is 15.7 Å². The summed E-state index contributed by atoms with van der Waals surface area (Å²) in [6, 6.07) is 1.33. The summed E-state index contributed by atoms with van der Waals surface area (Å²) < 4.78 is 33.0. The third kappa shape index (κ3) is 2.58. The lowest BCUT2D eigenvalue weighted by Crippen LogP contribution is -2.41. The first kappa shape index (κ1) is 12.8. The number of anilines is 1. The van der Waals surface area contributed by atoms with Crippen LogP contribution in [0.15, 0.2) is 23.4 Å². The molecule has 2 heterocycles. The average molecular weight is 283 g/mol. The normalized spacial score (nSPS) is 27.6. The van der Waals surface area contributed by atoms with Crippen LogP contribution in [0.25, 0.3) is 0 Å². The van der Waals surface area contributed by atoms with Crippen LogP contribution in [-0.2, 0) is 14.8 Å². The van der Waals surface area contributed by atoms with Crippen LogP contribution in [0.2, 0.25) is 0 Å². The van der Waals surface area contributed by atoms with Crippen LogP contribution in [-0.4, -0.2) is 32.2 Å². The zero-order chi connectivity index (χ0) is 13.5. The van der Waals surface area contributed by atoms with Crippen LogP contribution >= 0.6 is 0 Å². The second-order valence-corrected chi connectivity index (χ2v) is 6.79. The Hall–Kier alpha value is -1.18. The van der Waals surface area contributed by atoms with Crippen molar-refractivity contribution < 1.29 is 13.2 Å². The summed E-state index contributed by atoms with van der Waals surface area (Å²) in [4.78, 5) is 3.86. The lowest BCUT2D eigenvalue weighted by molar-refractivity contribution is 0.0848. The first-order valence-corrected chi connectivity index (χ1v) is 7.89. The summed E-state index contributed by atoms with van der Waals surface area (Å²) in [5.41, 5.74) is 5.91. The molecule has 1 aliphatic carbocycles. The topological polar surface area (TPSA) is 94.3 Å². The summed E-state index contributed by atoms with van der Waals surface area (Å²) >= 11 is 0. The molecule has 1 aromatic heterocycles. The number of hydrogen-bond donors (Lipinski definition) is 2. The molecule has 3 rings (SSSR count). The summed E-state index contributed by atoms with van der Waals surface area (Å²) in [6.45, 7) is 0.608. The largest absolute Gasteiger partial charge is 0.398 e. The van der Waals surface area contributed by atoms with Gasteiger partial charge < -0.3 is 10.5 Å². The molecule has 19 heavy (non-hydrogen) atoms. The molecule has 2 fully saturated rings. The monoisotopic (exact) mass is 283 g/mol. The molecule has 1 aliphatic heterocycles. The molecule has 1 aromatic rings. The van der Waals surface area contributed by atoms with Gasteiger partial charge in [-0.05, 0) is 31.2 Å². The van der Waals surface area contributed by atoms with Crippen molar-refractivity contribution in [1.29, 1.82) is 0 Å². The van der Waals surface area contributed by atoms with Gasteiger partial charge in [0.25, 0.3) is 0 Å². The summed E-state index contributed by atoms with van der Waals surface area (Å²) in [5, 5.41) is 0. The quantitative estimate of drug-likeness (QED) is 0.839. The van der Waals surface area contributed by atoms with Gasteiger partial charge in [-0.25, -0.2) is 13.1 Å². The second-order valence-electron chi connectivity index (χ2n) is 5.10. The molecule has 7 heteroatoms. The minimum atomic E-state index is -3.63. The minimum absolute atomic E-state index is 0.00710. The molecule has 1 saturated carbocycles. The van der Waals surface area contributed by atoms with Crippen molar-refractivity contribution in [2.24, 2.45) is 5.92 Å². The van der Waals surface area contributed by atoms with E-state index in [0.717, 1.165) is 12.8 Å². The van der Waals surface area contributed by atoms with E-state index in [4.69, 9.17) is 10.5 Å². The molecule has 0 amide bonds. The molecule has 0 radical (unpaired) electrons. The summed E-state index contributed by atoms with van der Waals surface area (Å²) in [7, 11) is -3.63. The number of hydrogen-bond acceptors (Lipinski definition) is 5. The van der Waals surface area contributed by atoms with Gasteiger partial charge in [-0.1, -0.05) is 0 Å². The number of ether oxygens (including phenoxy) is 1. The van der Waals surface area contributed by atoms with E-state index in [1.54, 1.807) is 0 Å². The van der Waals surface area contributed by atoms with Gasteiger partial charge in [-0.3, -0.25) is 4.98 Å². The smallest absolute Gasteiger partial charge is 0.244 e. The lowest BCUT2D eigenvalue weighted by atomic mass is 10.1. The molecule has 2 atom stereocenters. The van der Waals surface area contributed by atoms with Crippen LogP contribution in [0.1, 0.15) is 19.3 Å². The van der Waals surface area contributed by atoms with Crippen LogP contribution < -0.4 is 10.5 Å². The van der Waals surface area contributed by atoms with Gasteiger partial charge in [0.15, 0.2) is 0 Å². The lowest BCUT2D eigenvalue weighted by Gasteiger charge is -2.19. The fourth-order valence-electron chi connectivity index (χ4n) is 2.50. The van der Waals surface area contributed by atoms with E-state index in [9.17, 15) is 8.42 Å². The summed E-state index contributed by atoms with van der Waals surface area (Å²) in [6.07, 6.45) is 5.71. The molecular formula is C12H17N3O3S. The third-order valence-corrected chi connectivity index (χ3v) is 5.17. The van der Waals surface area contributed by atoms with Gasteiger partial charge in [0.1, 0.15) is 4.90 Å². The zero-order valence-electron chi connectivity index (χ0n) is 10.5. The molecule has 0 bridgehead atoms. The highest BCUT2D eigenvalue weighted by Gasteiger charge is 2.42. The van der Waals surface area contributed by atoms with Gasteiger partial charge in [-0.15, -0.1) is 0 Å². The summed E-state index contributed by atoms with van der Waals surface area (Å²) in [5.74, 6) is 0.501. The number of aromatic nitrogens is 1. The molecule has 6 nitrogen and oxygen atoms in total. The van der Waals surface area contributed by atoms with Gasteiger partial charge in [0.05, 0.1) is 17.8 Å². The maximum Gasteiger partial charge on any atom is 0.244 e. The fraction of sp³-hybridized carbons (Fsp3) is 0.583. The molecule has 2 unspecified atom stereocenters. The molecule has 104 valence electrons. The maximum absolute atomic E-state index is 12.3. The van der Waals surface area contributed by atoms with Crippen molar-refractivity contribution in [3.05, 3.63) is 18.5 Å². The second kappa shape index (κ2) is 4.73. The molecule has 1 saturated heterocycles. The minimum Gasteiger partial charge on any atom is -0.398 e. The first-order valence-electron chi connectivity index (χ1n) is 6.41. The Morgan fingerprint density at radius 2 is 2.16 bits per heavy atom. The Morgan fingerprint density at radius 3 is 2.84 bits per heavy atom. The average Bonchev–Trinajstić information content (AvgIpc) is 3.11. The number of rotatable bonds is 4. The Labute approximate surface area is 112 Å². The van der Waals surface area contributed by atoms with Crippen LogP contribution in [0.4, 0.5) is 5.69 Å². The molecule has 2 aliphatic rings. The third-order valence-electron chi connectivity index (χ3n) is 3.63. The number of sulfonamides is 1. The van der Waals surface area contributed by atoms with E-state index in [-0.39, 0.29) is 22.7 Å². The van der Waals surface area contributed by atoms with E-state index >= 15 is 0 Å². The van der Waals surface area contributed by atoms with Crippen LogP contribution in [0.3, 0.4) is 0 Å². The number of nitrogen functional groups attached to an aromatic ring is 1. The maximum atomic E-state index is 12.3. The molecular weight excluding hydrogens is 266 g/mol. The van der Waals surface area contributed by atoms with Crippen LogP contribution in [0.5, 0.6) is 0 Å². The van der Waals surface area contributed by atoms with Crippen molar-refractivity contribution in [3.8, 4) is 0 Å². The van der Waals surface area contributed by atoms with Crippen molar-refractivity contribution in [2.45, 2.75) is 36.3 Å². The van der Waals surface area contributed by atoms with E-state index in [2.05, 4.69) is 9.71 Å². The zero-order valence-corrected chi connectivity index (χ0v) is 11.3. The van der Waals surface area contributed by atoms with Gasteiger partial charge in [0.2, 0.25) is 10.0 Å². The van der Waals surface area contributed by atoms with E-state index in [1.165, 1.54) is 18.5 Å². The van der Waals surface area contributed by atoms with Gasteiger partial charge in [0, 0.05) is 19.0 Å². The van der Waals surface area contributed by atoms with Crippen LogP contribution in [0, 0.1) is 5.92 Å². The van der Waals surface area contributed by atoms with Gasteiger partial charge in [-0.2, -0.15) is 0 Å². The van der Waals surface area contributed by atoms with E-state index < -0.39 is 10.0 Å². The Kier molecular flexibility index (Phi) is 3.20. The highest BCUT2D eigenvalue weighted by Crippen LogP contribution is 2.39. The molecule has 3 N–H and O–H groups in total. The standard InChI is InChI=1S/C12H17N3O3S/c13-9-3-5-14-7-11(9)19(16,17)15-10-4-6-18-12(10)8-1-2-8/h3,5,7-8,10,12,15H,1-2,4,6H2,(H2,13,14). The molecule has 0 aromatic carbocycles. The van der Waals surface area contributed by atoms with Crippen molar-refractivity contribution in [1.82, 2.24) is 9.71 Å². The number of pyridine rings is 1. The van der Waals surface area contributed by atoms with Crippen molar-refractivity contribution in [2.75, 3.05) is 12.3 Å². The fourth-order valence-corrected chi connectivity index (χ4v) is 3.86. The number of nitrogens with two attached hydrogens (primary N) is 1. The predicted molar refractivity (Wildman–Crippen MR) is 69.8 cm³/mol. The van der Waals surface area contributed by atoms with Gasteiger partial charge >= 0.3 is 0 Å². The van der Waals surface area contributed by atoms with E-state index in [0.29, 0.717) is 18.9 Å². The predicted octanol–water partition coefficient (Wildman–Crippen LogP) is 0.510. The Balaban J connectivity index is 1.80. The SMILES string of the molecule is Nc1ccncc1S(=O)(=O)NC1CCOC1C1CC1. The Morgan fingerprint density at radius 1 is 1.37 bits per heavy atom. The number of nitrogens with zero attached hydrogens (tertiary/aromatic N) is 1. The number of nitrogens with one attached hydrogen (secondary N) is 1. The first-order chi connectivity index (χ1) is 9.08. The Bertz CT molecular complexity index is 571.